The third kappa shape index (κ3) is 7.30. The van der Waals surface area contributed by atoms with Gasteiger partial charge in [0.25, 0.3) is 0 Å². The maximum Gasteiger partial charge on any atom is 0.414 e. The number of hydrogen-bond acceptors (Lipinski definition) is 2. The van der Waals surface area contributed by atoms with Crippen molar-refractivity contribution < 1.29 is 14.7 Å². The number of amides is 2. The molecule has 0 aliphatic heterocycles. The molecule has 0 spiro atoms. The maximum atomic E-state index is 11.6. The second kappa shape index (κ2) is 8.95. The Morgan fingerprint density at radius 2 is 1.56 bits per heavy atom. The minimum Gasteiger partial charge on any atom is -0.465 e. The lowest BCUT2D eigenvalue weighted by atomic mass is 10.0. The third-order valence-electron chi connectivity index (χ3n) is 2.90. The van der Waals surface area contributed by atoms with Crippen molar-refractivity contribution in [2.24, 2.45) is 11.8 Å². The first kappa shape index (κ1) is 16.9. The Balaban J connectivity index is 3.86. The van der Waals surface area contributed by atoms with Gasteiger partial charge in [-0.1, -0.05) is 53.4 Å². The minimum absolute atomic E-state index is 0.262. The number of rotatable bonds is 8. The van der Waals surface area contributed by atoms with E-state index in [1.807, 2.05) is 0 Å². The molecule has 0 rings (SSSR count). The van der Waals surface area contributed by atoms with Gasteiger partial charge in [-0.15, -0.1) is 0 Å². The summed E-state index contributed by atoms with van der Waals surface area (Å²) in [5.74, 6) is 0.162. The zero-order valence-corrected chi connectivity index (χ0v) is 12.1. The van der Waals surface area contributed by atoms with Crippen molar-refractivity contribution in [1.82, 2.24) is 4.90 Å². The van der Waals surface area contributed by atoms with Gasteiger partial charge in [-0.05, 0) is 12.3 Å². The molecular weight excluding hydrogens is 230 g/mol. The number of hydrogen-bond donors (Lipinski definition) is 1. The molecule has 0 heterocycles. The van der Waals surface area contributed by atoms with Crippen molar-refractivity contribution in [2.75, 3.05) is 6.54 Å². The molecule has 0 aromatic rings. The van der Waals surface area contributed by atoms with Gasteiger partial charge in [-0.25, -0.2) is 9.69 Å². The molecule has 0 aliphatic rings. The van der Waals surface area contributed by atoms with Gasteiger partial charge in [0.1, 0.15) is 0 Å². The highest BCUT2D eigenvalue weighted by atomic mass is 16.4. The molecule has 18 heavy (non-hydrogen) atoms. The van der Waals surface area contributed by atoms with Gasteiger partial charge in [0.05, 0.1) is 0 Å². The molecule has 0 aliphatic carbocycles. The summed E-state index contributed by atoms with van der Waals surface area (Å²) in [6, 6.07) is 0. The van der Waals surface area contributed by atoms with Crippen LogP contribution in [0.25, 0.3) is 0 Å². The highest BCUT2D eigenvalue weighted by Gasteiger charge is 2.22. The van der Waals surface area contributed by atoms with Crippen molar-refractivity contribution in [3.63, 3.8) is 0 Å². The first-order valence-electron chi connectivity index (χ1n) is 6.90. The molecule has 106 valence electrons. The Labute approximate surface area is 110 Å². The fraction of sp³-hybridized carbons (Fsp3) is 0.857. The van der Waals surface area contributed by atoms with E-state index in [0.29, 0.717) is 6.54 Å². The molecule has 0 aromatic carbocycles. The number of carbonyl (C=O) groups is 2. The maximum absolute atomic E-state index is 11.6. The van der Waals surface area contributed by atoms with E-state index in [1.165, 1.54) is 12.8 Å². The first-order valence-corrected chi connectivity index (χ1v) is 6.90. The quantitative estimate of drug-likeness (QED) is 0.674. The zero-order chi connectivity index (χ0) is 14.1. The lowest BCUT2D eigenvalue weighted by Crippen LogP contribution is -2.39. The fourth-order valence-corrected chi connectivity index (χ4v) is 1.79. The summed E-state index contributed by atoms with van der Waals surface area (Å²) in [6.45, 7) is 8.18. The van der Waals surface area contributed by atoms with Gasteiger partial charge in [0.15, 0.2) is 0 Å². The van der Waals surface area contributed by atoms with Crippen LogP contribution in [0.4, 0.5) is 4.79 Å². The number of nitrogens with zero attached hydrogens (tertiary/aromatic N) is 1. The molecule has 0 bridgehead atoms. The molecule has 0 aromatic heterocycles. The second-order valence-corrected chi connectivity index (χ2v) is 5.52. The van der Waals surface area contributed by atoms with Crippen LogP contribution in [0.5, 0.6) is 0 Å². The van der Waals surface area contributed by atoms with E-state index in [4.69, 9.17) is 5.11 Å². The van der Waals surface area contributed by atoms with E-state index >= 15 is 0 Å². The van der Waals surface area contributed by atoms with Crippen molar-refractivity contribution >= 4 is 12.0 Å². The SMILES string of the molecule is CC(C)CCCCCCN(C(=O)O)C(=O)C(C)C. The highest BCUT2D eigenvalue weighted by molar-refractivity contribution is 5.92. The van der Waals surface area contributed by atoms with E-state index in [-0.39, 0.29) is 11.8 Å². The summed E-state index contributed by atoms with van der Waals surface area (Å²) in [6.07, 6.45) is 4.14. The molecule has 2 amide bonds. The average molecular weight is 257 g/mol. The summed E-state index contributed by atoms with van der Waals surface area (Å²) < 4.78 is 0. The topological polar surface area (TPSA) is 57.6 Å². The van der Waals surface area contributed by atoms with Crippen molar-refractivity contribution in [3.8, 4) is 0 Å². The van der Waals surface area contributed by atoms with E-state index in [1.54, 1.807) is 13.8 Å². The molecule has 0 saturated heterocycles. The fourth-order valence-electron chi connectivity index (χ4n) is 1.79. The van der Waals surface area contributed by atoms with Crippen LogP contribution < -0.4 is 0 Å². The van der Waals surface area contributed by atoms with Crippen molar-refractivity contribution in [3.05, 3.63) is 0 Å². The molecule has 4 heteroatoms. The Morgan fingerprint density at radius 3 is 2.00 bits per heavy atom. The van der Waals surface area contributed by atoms with Crippen LogP contribution >= 0.6 is 0 Å². The monoisotopic (exact) mass is 257 g/mol. The van der Waals surface area contributed by atoms with E-state index in [9.17, 15) is 9.59 Å². The molecule has 4 nitrogen and oxygen atoms in total. The van der Waals surface area contributed by atoms with Crippen LogP contribution in [-0.4, -0.2) is 28.6 Å². The molecule has 0 fully saturated rings. The van der Waals surface area contributed by atoms with E-state index in [2.05, 4.69) is 13.8 Å². The standard InChI is InChI=1S/C14H27NO3/c1-11(2)9-7-5-6-8-10-15(14(17)18)13(16)12(3)4/h11-12H,5-10H2,1-4H3,(H,17,18). The molecular formula is C14H27NO3. The van der Waals surface area contributed by atoms with Crippen LogP contribution in [0.2, 0.25) is 0 Å². The smallest absolute Gasteiger partial charge is 0.414 e. The minimum atomic E-state index is -1.13. The van der Waals surface area contributed by atoms with E-state index in [0.717, 1.165) is 30.1 Å². The summed E-state index contributed by atoms with van der Waals surface area (Å²) in [5, 5.41) is 8.97. The van der Waals surface area contributed by atoms with Gasteiger partial charge in [0.2, 0.25) is 5.91 Å². The molecule has 1 N–H and O–H groups in total. The number of imide groups is 1. The third-order valence-corrected chi connectivity index (χ3v) is 2.90. The Bertz CT molecular complexity index is 262. The summed E-state index contributed by atoms with van der Waals surface area (Å²) in [5.41, 5.74) is 0. The van der Waals surface area contributed by atoms with Crippen LogP contribution in [0, 0.1) is 11.8 Å². The molecule has 0 radical (unpaired) electrons. The van der Waals surface area contributed by atoms with Crippen LogP contribution in [-0.2, 0) is 4.79 Å². The van der Waals surface area contributed by atoms with Gasteiger partial charge in [-0.2, -0.15) is 0 Å². The molecule has 0 atom stereocenters. The summed E-state index contributed by atoms with van der Waals surface area (Å²) in [4.78, 5) is 23.5. The molecule has 0 saturated carbocycles. The predicted octanol–water partition coefficient (Wildman–Crippen LogP) is 3.76. The summed E-state index contributed by atoms with van der Waals surface area (Å²) >= 11 is 0. The Hall–Kier alpha value is -1.06. The summed E-state index contributed by atoms with van der Waals surface area (Å²) in [7, 11) is 0. The van der Waals surface area contributed by atoms with Crippen LogP contribution in [0.1, 0.15) is 59.8 Å². The van der Waals surface area contributed by atoms with Crippen molar-refractivity contribution in [1.29, 1.82) is 0 Å². The largest absolute Gasteiger partial charge is 0.465 e. The Morgan fingerprint density at radius 1 is 1.00 bits per heavy atom. The number of unbranched alkanes of at least 4 members (excludes halogenated alkanes) is 3. The normalized spacial score (nSPS) is 11.0. The first-order chi connectivity index (χ1) is 8.36. The van der Waals surface area contributed by atoms with Gasteiger partial charge in [0, 0.05) is 12.5 Å². The van der Waals surface area contributed by atoms with Gasteiger partial charge in [-0.3, -0.25) is 4.79 Å². The zero-order valence-electron chi connectivity index (χ0n) is 12.1. The van der Waals surface area contributed by atoms with Crippen LogP contribution in [0.15, 0.2) is 0 Å². The number of carboxylic acid groups (broad SMARTS) is 1. The Kier molecular flexibility index (Phi) is 8.42. The van der Waals surface area contributed by atoms with Gasteiger partial charge < -0.3 is 5.11 Å². The highest BCUT2D eigenvalue weighted by Crippen LogP contribution is 2.11. The van der Waals surface area contributed by atoms with Crippen LogP contribution in [0.3, 0.4) is 0 Å². The molecule has 0 unspecified atom stereocenters. The predicted molar refractivity (Wildman–Crippen MR) is 72.5 cm³/mol. The van der Waals surface area contributed by atoms with Gasteiger partial charge >= 0.3 is 6.09 Å². The number of carbonyl (C=O) groups excluding carboxylic acids is 1. The second-order valence-electron chi connectivity index (χ2n) is 5.52. The average Bonchev–Trinajstić information content (AvgIpc) is 2.26. The lowest BCUT2D eigenvalue weighted by molar-refractivity contribution is -0.132. The van der Waals surface area contributed by atoms with E-state index < -0.39 is 6.09 Å². The van der Waals surface area contributed by atoms with Crippen molar-refractivity contribution in [2.45, 2.75) is 59.8 Å². The lowest BCUT2D eigenvalue weighted by Gasteiger charge is -2.19.